The van der Waals surface area contributed by atoms with Crippen LogP contribution in [-0.2, 0) is 33.4 Å². The van der Waals surface area contributed by atoms with E-state index in [1.165, 1.54) is 5.01 Å². The average Bonchev–Trinajstić information content (AvgIpc) is 3.01. The van der Waals surface area contributed by atoms with E-state index in [0.29, 0.717) is 26.1 Å². The highest BCUT2D eigenvalue weighted by molar-refractivity contribution is 5.89. The summed E-state index contributed by atoms with van der Waals surface area (Å²) in [5.41, 5.74) is 12.2. The normalized spacial score (nSPS) is 21.2. The summed E-state index contributed by atoms with van der Waals surface area (Å²) in [5.74, 6) is -2.76. The minimum absolute atomic E-state index is 0.0906. The van der Waals surface area contributed by atoms with Gasteiger partial charge in [0, 0.05) is 19.6 Å². The zero-order valence-electron chi connectivity index (χ0n) is 25.9. The molecule has 2 heterocycles. The minimum Gasteiger partial charge on any atom is -0.353 e. The van der Waals surface area contributed by atoms with Crippen LogP contribution in [0.2, 0.25) is 0 Å². The predicted octanol–water partition coefficient (Wildman–Crippen LogP) is 3.69. The Kier molecular flexibility index (Phi) is 15.1. The number of amides is 3. The van der Waals surface area contributed by atoms with Crippen LogP contribution in [0.25, 0.3) is 6.08 Å². The van der Waals surface area contributed by atoms with Gasteiger partial charge in [-0.3, -0.25) is 24.8 Å². The van der Waals surface area contributed by atoms with Crippen LogP contribution in [0.5, 0.6) is 0 Å². The van der Waals surface area contributed by atoms with Crippen molar-refractivity contribution >= 4 is 23.8 Å². The van der Waals surface area contributed by atoms with Gasteiger partial charge in [-0.2, -0.15) is 0 Å². The predicted molar refractivity (Wildman–Crippen MR) is 162 cm³/mol. The molecule has 2 fully saturated rings. The van der Waals surface area contributed by atoms with Gasteiger partial charge in [-0.15, -0.1) is 0 Å². The van der Waals surface area contributed by atoms with Crippen LogP contribution in [0, 0.1) is 17.8 Å². The lowest BCUT2D eigenvalue weighted by molar-refractivity contribution is -0.203. The van der Waals surface area contributed by atoms with Crippen molar-refractivity contribution in [1.29, 1.82) is 0 Å². The number of nitrogens with zero attached hydrogens (tertiary/aromatic N) is 1. The number of hydroxylamine groups is 1. The number of benzene rings is 1. The monoisotopic (exact) mass is 602 g/mol. The number of nitrogens with one attached hydrogen (secondary N) is 2. The second-order valence-corrected chi connectivity index (χ2v) is 11.7. The quantitative estimate of drug-likeness (QED) is 0.258. The average molecular weight is 603 g/mol. The maximum Gasteiger partial charge on any atom is 0.257 e. The fourth-order valence-electron chi connectivity index (χ4n) is 5.14. The third-order valence-electron chi connectivity index (χ3n) is 7.47. The molecular formula is C32H50N4O7. The molecule has 3 amide bonds. The molecule has 3 rings (SSSR count). The molecule has 0 spiro atoms. The van der Waals surface area contributed by atoms with Gasteiger partial charge in [0.05, 0.1) is 31.0 Å². The van der Waals surface area contributed by atoms with Gasteiger partial charge in [0.1, 0.15) is 0 Å². The SMILES string of the molecule is CC(C)C[C@@H](C(=O)NN(CCOC1CCCCO1)C(=O)[C@@H](C)N)[C@H](C/C=C/c1ccccc1)C(=O)NOC1CCCCO1. The number of hydrogen-bond donors (Lipinski definition) is 3. The van der Waals surface area contributed by atoms with Gasteiger partial charge in [-0.05, 0) is 63.4 Å². The number of carbonyl (C=O) groups excluding carboxylic acids is 3. The van der Waals surface area contributed by atoms with Crippen molar-refractivity contribution in [2.24, 2.45) is 23.5 Å². The van der Waals surface area contributed by atoms with Crippen molar-refractivity contribution in [2.45, 2.75) is 90.8 Å². The third kappa shape index (κ3) is 12.4. The number of hydrazine groups is 1. The van der Waals surface area contributed by atoms with Crippen molar-refractivity contribution in [1.82, 2.24) is 15.9 Å². The number of rotatable bonds is 15. The Labute approximate surface area is 255 Å². The molecule has 2 aliphatic rings. The molecule has 0 radical (unpaired) electrons. The van der Waals surface area contributed by atoms with Gasteiger partial charge >= 0.3 is 0 Å². The molecule has 2 saturated heterocycles. The minimum atomic E-state index is -0.841. The molecule has 2 unspecified atom stereocenters. The van der Waals surface area contributed by atoms with E-state index in [1.807, 2.05) is 56.3 Å². The molecular weight excluding hydrogens is 552 g/mol. The molecule has 1 aromatic carbocycles. The zero-order chi connectivity index (χ0) is 31.0. The first-order valence-electron chi connectivity index (χ1n) is 15.6. The van der Waals surface area contributed by atoms with Gasteiger partial charge in [-0.25, -0.2) is 10.3 Å². The highest BCUT2D eigenvalue weighted by Gasteiger charge is 2.36. The van der Waals surface area contributed by atoms with Crippen molar-refractivity contribution < 1.29 is 33.4 Å². The number of allylic oxidation sites excluding steroid dienone is 1. The summed E-state index contributed by atoms with van der Waals surface area (Å²) in [7, 11) is 0. The second-order valence-electron chi connectivity index (χ2n) is 11.7. The zero-order valence-corrected chi connectivity index (χ0v) is 25.9. The van der Waals surface area contributed by atoms with E-state index in [-0.39, 0.29) is 31.8 Å². The Morgan fingerprint density at radius 1 is 0.977 bits per heavy atom. The molecule has 4 N–H and O–H groups in total. The van der Waals surface area contributed by atoms with Gasteiger partial charge in [-0.1, -0.05) is 56.3 Å². The first kappa shape index (κ1) is 34.7. The van der Waals surface area contributed by atoms with Crippen LogP contribution in [0.4, 0.5) is 0 Å². The van der Waals surface area contributed by atoms with Gasteiger partial charge in [0.15, 0.2) is 12.6 Å². The van der Waals surface area contributed by atoms with E-state index in [1.54, 1.807) is 6.92 Å². The van der Waals surface area contributed by atoms with E-state index in [4.69, 9.17) is 24.8 Å². The maximum absolute atomic E-state index is 13.9. The number of ether oxygens (including phenoxy) is 3. The molecule has 0 aliphatic carbocycles. The summed E-state index contributed by atoms with van der Waals surface area (Å²) in [5, 5.41) is 1.20. The molecule has 11 nitrogen and oxygen atoms in total. The standard InChI is InChI=1S/C32H50N4O7/c1-23(2)22-27(30(37)34-36(32(39)24(3)33)18-21-42-28-16-7-9-19-40-28)26(15-11-14-25-12-5-4-6-13-25)31(38)35-43-29-17-8-10-20-41-29/h4-6,11-14,23-24,26-29H,7-10,15-22,33H2,1-3H3,(H,34,37)(H,35,38)/b14-11+/t24-,26+,27-,28?,29?/m1/s1. The second kappa shape index (κ2) is 18.7. The first-order chi connectivity index (χ1) is 20.7. The van der Waals surface area contributed by atoms with Crippen molar-refractivity contribution in [3.05, 3.63) is 42.0 Å². The van der Waals surface area contributed by atoms with Crippen LogP contribution < -0.4 is 16.6 Å². The van der Waals surface area contributed by atoms with Gasteiger partial charge in [0.25, 0.3) is 5.91 Å². The lowest BCUT2D eigenvalue weighted by atomic mass is 9.82. The first-order valence-corrected chi connectivity index (χ1v) is 15.6. The molecule has 240 valence electrons. The molecule has 2 aliphatic heterocycles. The van der Waals surface area contributed by atoms with Crippen LogP contribution >= 0.6 is 0 Å². The summed E-state index contributed by atoms with van der Waals surface area (Å²) in [6, 6.07) is 8.89. The summed E-state index contributed by atoms with van der Waals surface area (Å²) in [6.45, 7) is 7.01. The summed E-state index contributed by atoms with van der Waals surface area (Å²) in [4.78, 5) is 46.1. The van der Waals surface area contributed by atoms with Crippen LogP contribution in [0.15, 0.2) is 36.4 Å². The Bertz CT molecular complexity index is 1010. The Morgan fingerprint density at radius 3 is 2.26 bits per heavy atom. The lowest BCUT2D eigenvalue weighted by Gasteiger charge is -2.31. The van der Waals surface area contributed by atoms with Crippen LogP contribution in [0.3, 0.4) is 0 Å². The number of hydrogen-bond acceptors (Lipinski definition) is 8. The van der Waals surface area contributed by atoms with E-state index < -0.39 is 41.9 Å². The number of carbonyl (C=O) groups is 3. The molecule has 5 atom stereocenters. The molecule has 0 saturated carbocycles. The summed E-state index contributed by atoms with van der Waals surface area (Å²) >= 11 is 0. The Balaban J connectivity index is 1.75. The largest absolute Gasteiger partial charge is 0.353 e. The molecule has 11 heteroatoms. The van der Waals surface area contributed by atoms with E-state index >= 15 is 0 Å². The molecule has 43 heavy (non-hydrogen) atoms. The van der Waals surface area contributed by atoms with Crippen LogP contribution in [0.1, 0.15) is 77.7 Å². The Morgan fingerprint density at radius 2 is 1.65 bits per heavy atom. The maximum atomic E-state index is 13.9. The van der Waals surface area contributed by atoms with Gasteiger partial charge in [0.2, 0.25) is 11.8 Å². The van der Waals surface area contributed by atoms with Crippen molar-refractivity contribution in [2.75, 3.05) is 26.4 Å². The van der Waals surface area contributed by atoms with Crippen molar-refractivity contribution in [3.8, 4) is 0 Å². The summed E-state index contributed by atoms with van der Waals surface area (Å²) in [6.07, 6.45) is 9.02. The molecule has 0 aromatic heterocycles. The van der Waals surface area contributed by atoms with Gasteiger partial charge < -0.3 is 19.9 Å². The summed E-state index contributed by atoms with van der Waals surface area (Å²) < 4.78 is 17.0. The van der Waals surface area contributed by atoms with E-state index in [0.717, 1.165) is 37.7 Å². The highest BCUT2D eigenvalue weighted by Crippen LogP contribution is 2.26. The topological polar surface area (TPSA) is 141 Å². The third-order valence-corrected chi connectivity index (χ3v) is 7.47. The fourth-order valence-corrected chi connectivity index (χ4v) is 5.14. The Hall–Kier alpha value is -2.83. The smallest absolute Gasteiger partial charge is 0.257 e. The fraction of sp³-hybridized carbons (Fsp3) is 0.656. The molecule has 0 bridgehead atoms. The number of nitrogens with two attached hydrogens (primary N) is 1. The highest BCUT2D eigenvalue weighted by atomic mass is 16.8. The lowest BCUT2D eigenvalue weighted by Crippen LogP contribution is -2.55. The van der Waals surface area contributed by atoms with Crippen molar-refractivity contribution in [3.63, 3.8) is 0 Å². The van der Waals surface area contributed by atoms with Crippen LogP contribution in [-0.4, -0.2) is 67.7 Å². The molecule has 1 aromatic rings. The van der Waals surface area contributed by atoms with E-state index in [2.05, 4.69) is 10.9 Å². The van der Waals surface area contributed by atoms with E-state index in [9.17, 15) is 14.4 Å².